The van der Waals surface area contributed by atoms with E-state index in [1.165, 1.54) is 16.9 Å². The average Bonchev–Trinajstić information content (AvgIpc) is 3.08. The molecule has 0 aliphatic heterocycles. The number of benzene rings is 2. The Morgan fingerprint density at radius 2 is 2.08 bits per heavy atom. The molecule has 1 amide bonds. The minimum Gasteiger partial charge on any atom is -0.337 e. The number of imidazole rings is 1. The van der Waals surface area contributed by atoms with E-state index >= 15 is 0 Å². The van der Waals surface area contributed by atoms with E-state index in [0.29, 0.717) is 5.92 Å². The summed E-state index contributed by atoms with van der Waals surface area (Å²) in [6, 6.07) is 16.0. The highest BCUT2D eigenvalue weighted by Crippen LogP contribution is 2.47. The summed E-state index contributed by atoms with van der Waals surface area (Å²) in [6.07, 6.45) is 0.913. The van der Waals surface area contributed by atoms with E-state index in [0.717, 1.165) is 34.7 Å². The molecular weight excluding hydrogens is 344 g/mol. The zero-order chi connectivity index (χ0) is 17.5. The third-order valence-electron chi connectivity index (χ3n) is 4.78. The molecule has 26 heavy (non-hydrogen) atoms. The molecular formula is C20H16N4OS. The third kappa shape index (κ3) is 2.78. The van der Waals surface area contributed by atoms with Gasteiger partial charge in [-0.1, -0.05) is 30.3 Å². The summed E-state index contributed by atoms with van der Waals surface area (Å²) < 4.78 is 0. The van der Waals surface area contributed by atoms with Crippen LogP contribution in [0.1, 0.15) is 17.9 Å². The maximum Gasteiger partial charge on any atom is 0.228 e. The lowest BCUT2D eigenvalue weighted by molar-refractivity contribution is -0.117. The number of hydrogen-bond acceptors (Lipinski definition) is 4. The zero-order valence-corrected chi connectivity index (χ0v) is 14.7. The first-order valence-corrected chi connectivity index (χ1v) is 9.46. The minimum atomic E-state index is 0.0560. The van der Waals surface area contributed by atoms with Crippen molar-refractivity contribution < 1.29 is 4.79 Å². The van der Waals surface area contributed by atoms with Crippen LogP contribution in [-0.4, -0.2) is 20.9 Å². The Bertz CT molecular complexity index is 1070. The lowest BCUT2D eigenvalue weighted by Crippen LogP contribution is -2.14. The molecule has 2 aromatic heterocycles. The van der Waals surface area contributed by atoms with Crippen LogP contribution < -0.4 is 5.32 Å². The van der Waals surface area contributed by atoms with Crippen LogP contribution in [-0.2, 0) is 4.79 Å². The Kier molecular flexibility index (Phi) is 3.57. The molecule has 5 rings (SSSR count). The van der Waals surface area contributed by atoms with Crippen LogP contribution in [0.25, 0.3) is 22.6 Å². The number of carbonyl (C=O) groups excluding carboxylic acids is 1. The van der Waals surface area contributed by atoms with Crippen molar-refractivity contribution in [2.45, 2.75) is 12.3 Å². The molecule has 1 saturated carbocycles. The SMILES string of the molecule is O=C(Nc1ccc2nc(-c3cscn3)[nH]c2c1)[C@@H]1C[C@H]1c1ccccc1. The van der Waals surface area contributed by atoms with Gasteiger partial charge in [-0.2, -0.15) is 0 Å². The summed E-state index contributed by atoms with van der Waals surface area (Å²) in [6.45, 7) is 0. The van der Waals surface area contributed by atoms with E-state index in [1.54, 1.807) is 5.51 Å². The highest BCUT2D eigenvalue weighted by Gasteiger charge is 2.43. The summed E-state index contributed by atoms with van der Waals surface area (Å²) in [4.78, 5) is 24.6. The number of nitrogens with zero attached hydrogens (tertiary/aromatic N) is 2. The van der Waals surface area contributed by atoms with Crippen LogP contribution in [0.3, 0.4) is 0 Å². The molecule has 128 valence electrons. The first kappa shape index (κ1) is 15.3. The summed E-state index contributed by atoms with van der Waals surface area (Å²) in [5.41, 5.74) is 6.40. The zero-order valence-electron chi connectivity index (χ0n) is 13.8. The predicted octanol–water partition coefficient (Wildman–Crippen LogP) is 4.43. The fraction of sp³-hybridized carbons (Fsp3) is 0.150. The Balaban J connectivity index is 1.33. The molecule has 0 radical (unpaired) electrons. The molecule has 2 heterocycles. The van der Waals surface area contributed by atoms with Crippen LogP contribution >= 0.6 is 11.3 Å². The van der Waals surface area contributed by atoms with E-state index in [-0.39, 0.29) is 11.8 Å². The second-order valence-electron chi connectivity index (χ2n) is 6.54. The monoisotopic (exact) mass is 360 g/mol. The fourth-order valence-electron chi connectivity index (χ4n) is 3.33. The van der Waals surface area contributed by atoms with Crippen LogP contribution in [0.15, 0.2) is 59.4 Å². The van der Waals surface area contributed by atoms with E-state index in [2.05, 4.69) is 32.4 Å². The number of rotatable bonds is 4. The fourth-order valence-corrected chi connectivity index (χ4v) is 3.86. The molecule has 0 spiro atoms. The third-order valence-corrected chi connectivity index (χ3v) is 5.37. The quantitative estimate of drug-likeness (QED) is 0.566. The van der Waals surface area contributed by atoms with Gasteiger partial charge < -0.3 is 10.3 Å². The molecule has 0 saturated heterocycles. The molecule has 2 atom stereocenters. The van der Waals surface area contributed by atoms with Crippen LogP contribution in [0.4, 0.5) is 5.69 Å². The number of carbonyl (C=O) groups is 1. The van der Waals surface area contributed by atoms with E-state index in [1.807, 2.05) is 41.8 Å². The summed E-state index contributed by atoms with van der Waals surface area (Å²) in [5, 5.41) is 5.00. The topological polar surface area (TPSA) is 70.7 Å². The summed E-state index contributed by atoms with van der Waals surface area (Å²) in [7, 11) is 0. The first-order valence-electron chi connectivity index (χ1n) is 8.52. The number of aromatic nitrogens is 3. The largest absolute Gasteiger partial charge is 0.337 e. The molecule has 2 aromatic carbocycles. The second kappa shape index (κ2) is 6.07. The van der Waals surface area contributed by atoms with Crippen molar-refractivity contribution >= 4 is 34.0 Å². The van der Waals surface area contributed by atoms with Gasteiger partial charge in [-0.3, -0.25) is 4.79 Å². The Morgan fingerprint density at radius 3 is 2.88 bits per heavy atom. The molecule has 5 nitrogen and oxygen atoms in total. The number of amides is 1. The highest BCUT2D eigenvalue weighted by atomic mass is 32.1. The van der Waals surface area contributed by atoms with Crippen molar-refractivity contribution in [1.29, 1.82) is 0 Å². The molecule has 1 fully saturated rings. The van der Waals surface area contributed by atoms with Crippen LogP contribution in [0.2, 0.25) is 0 Å². The summed E-state index contributed by atoms with van der Waals surface area (Å²) in [5.74, 6) is 1.22. The van der Waals surface area contributed by atoms with Crippen molar-refractivity contribution in [3.8, 4) is 11.5 Å². The van der Waals surface area contributed by atoms with Crippen molar-refractivity contribution in [2.75, 3.05) is 5.32 Å². The molecule has 2 N–H and O–H groups in total. The lowest BCUT2D eigenvalue weighted by atomic mass is 10.1. The van der Waals surface area contributed by atoms with Gasteiger partial charge in [0, 0.05) is 17.0 Å². The molecule has 1 aliphatic rings. The van der Waals surface area contributed by atoms with Gasteiger partial charge >= 0.3 is 0 Å². The second-order valence-corrected chi connectivity index (χ2v) is 7.26. The maximum absolute atomic E-state index is 12.5. The lowest BCUT2D eigenvalue weighted by Gasteiger charge is -2.05. The number of nitrogens with one attached hydrogen (secondary N) is 2. The maximum atomic E-state index is 12.5. The van der Waals surface area contributed by atoms with Crippen LogP contribution in [0.5, 0.6) is 0 Å². The smallest absolute Gasteiger partial charge is 0.228 e. The number of aromatic amines is 1. The van der Waals surface area contributed by atoms with Gasteiger partial charge in [-0.05, 0) is 36.1 Å². The summed E-state index contributed by atoms with van der Waals surface area (Å²) >= 11 is 1.54. The van der Waals surface area contributed by atoms with Gasteiger partial charge in [-0.15, -0.1) is 11.3 Å². The van der Waals surface area contributed by atoms with Crippen LogP contribution in [0, 0.1) is 5.92 Å². The van der Waals surface area contributed by atoms with Gasteiger partial charge in [-0.25, -0.2) is 9.97 Å². The van der Waals surface area contributed by atoms with Crippen molar-refractivity contribution in [2.24, 2.45) is 5.92 Å². The van der Waals surface area contributed by atoms with Crippen molar-refractivity contribution in [1.82, 2.24) is 15.0 Å². The number of anilines is 1. The van der Waals surface area contributed by atoms with Gasteiger partial charge in [0.1, 0.15) is 5.69 Å². The number of thiazole rings is 1. The number of H-pyrrole nitrogens is 1. The predicted molar refractivity (Wildman–Crippen MR) is 103 cm³/mol. The van der Waals surface area contributed by atoms with Crippen molar-refractivity contribution in [3.63, 3.8) is 0 Å². The normalized spacial score (nSPS) is 18.8. The first-order chi connectivity index (χ1) is 12.8. The van der Waals surface area contributed by atoms with E-state index in [4.69, 9.17) is 0 Å². The average molecular weight is 360 g/mol. The minimum absolute atomic E-state index is 0.0560. The Morgan fingerprint density at radius 1 is 1.19 bits per heavy atom. The highest BCUT2D eigenvalue weighted by molar-refractivity contribution is 7.07. The van der Waals surface area contributed by atoms with Gasteiger partial charge in [0.2, 0.25) is 5.91 Å². The Hall–Kier alpha value is -2.99. The van der Waals surface area contributed by atoms with E-state index < -0.39 is 0 Å². The molecule has 0 unspecified atom stereocenters. The standard InChI is InChI=1S/C20H16N4OS/c25-20(15-9-14(15)12-4-2-1-3-5-12)22-13-6-7-16-17(8-13)24-19(23-16)18-10-26-11-21-18/h1-8,10-11,14-15H,9H2,(H,22,25)(H,23,24)/t14-,15+/m0/s1. The number of hydrogen-bond donors (Lipinski definition) is 2. The molecule has 1 aliphatic carbocycles. The van der Waals surface area contributed by atoms with Gasteiger partial charge in [0.05, 0.1) is 16.5 Å². The molecule has 4 aromatic rings. The van der Waals surface area contributed by atoms with E-state index in [9.17, 15) is 4.79 Å². The van der Waals surface area contributed by atoms with Gasteiger partial charge in [0.15, 0.2) is 5.82 Å². The molecule has 0 bridgehead atoms. The van der Waals surface area contributed by atoms with Crippen molar-refractivity contribution in [3.05, 3.63) is 65.0 Å². The molecule has 6 heteroatoms. The Labute approximate surface area is 154 Å². The number of fused-ring (bicyclic) bond motifs is 1. The van der Waals surface area contributed by atoms with Gasteiger partial charge in [0.25, 0.3) is 0 Å².